The van der Waals surface area contributed by atoms with Crippen molar-refractivity contribution < 1.29 is 13.6 Å². The molecule has 124 valence electrons. The molecule has 0 fully saturated rings. The molecule has 0 atom stereocenters. The maximum Gasteiger partial charge on any atom is 0.173 e. The van der Waals surface area contributed by atoms with Crippen LogP contribution in [0.2, 0.25) is 0 Å². The first-order valence-electron chi connectivity index (χ1n) is 8.02. The van der Waals surface area contributed by atoms with E-state index in [1.165, 1.54) is 17.2 Å². The molecule has 0 amide bonds. The van der Waals surface area contributed by atoms with Crippen LogP contribution in [0.3, 0.4) is 0 Å². The normalized spacial score (nSPS) is 14.8. The van der Waals surface area contributed by atoms with E-state index in [0.29, 0.717) is 0 Å². The number of Topliss-reactive ketones (excluding diaryl/α,β-unsaturated/α-hetero) is 1. The van der Waals surface area contributed by atoms with Crippen molar-refractivity contribution in [2.75, 3.05) is 13.1 Å². The van der Waals surface area contributed by atoms with E-state index in [0.717, 1.165) is 42.8 Å². The second-order valence-electron chi connectivity index (χ2n) is 6.08. The fourth-order valence-corrected chi connectivity index (χ4v) is 3.06. The Hall–Kier alpha value is -2.33. The van der Waals surface area contributed by atoms with Crippen LogP contribution in [0.15, 0.2) is 48.0 Å². The van der Waals surface area contributed by atoms with Gasteiger partial charge >= 0.3 is 0 Å². The third-order valence-electron chi connectivity index (χ3n) is 4.37. The molecule has 0 unspecified atom stereocenters. The summed E-state index contributed by atoms with van der Waals surface area (Å²) in [6.45, 7) is 3.96. The predicted octanol–water partition coefficient (Wildman–Crippen LogP) is 4.16. The SMILES string of the molecule is CC1=C(c2ccc(CC(=O)c3c(F)cccc3F)cc2)CCNC1. The number of nitrogens with one attached hydrogen (secondary N) is 1. The van der Waals surface area contributed by atoms with E-state index < -0.39 is 23.0 Å². The monoisotopic (exact) mass is 327 g/mol. The summed E-state index contributed by atoms with van der Waals surface area (Å²) >= 11 is 0. The molecule has 0 aromatic heterocycles. The summed E-state index contributed by atoms with van der Waals surface area (Å²) in [6, 6.07) is 11.1. The van der Waals surface area contributed by atoms with Gasteiger partial charge in [0.05, 0.1) is 5.56 Å². The van der Waals surface area contributed by atoms with E-state index in [4.69, 9.17) is 0 Å². The summed E-state index contributed by atoms with van der Waals surface area (Å²) in [7, 11) is 0. The molecule has 0 bridgehead atoms. The van der Waals surface area contributed by atoms with E-state index in [1.807, 2.05) is 24.3 Å². The number of rotatable bonds is 4. The summed E-state index contributed by atoms with van der Waals surface area (Å²) in [5.74, 6) is -2.17. The van der Waals surface area contributed by atoms with Gasteiger partial charge in [-0.05, 0) is 48.7 Å². The lowest BCUT2D eigenvalue weighted by Gasteiger charge is -2.19. The number of carbonyl (C=O) groups excluding carboxylic acids is 1. The number of benzene rings is 2. The van der Waals surface area contributed by atoms with Crippen LogP contribution in [0.5, 0.6) is 0 Å². The van der Waals surface area contributed by atoms with Crippen LogP contribution >= 0.6 is 0 Å². The van der Waals surface area contributed by atoms with E-state index in [-0.39, 0.29) is 6.42 Å². The van der Waals surface area contributed by atoms with Crippen molar-refractivity contribution in [2.24, 2.45) is 0 Å². The van der Waals surface area contributed by atoms with Gasteiger partial charge in [-0.2, -0.15) is 0 Å². The van der Waals surface area contributed by atoms with Crippen LogP contribution in [-0.2, 0) is 6.42 Å². The molecule has 0 saturated carbocycles. The minimum Gasteiger partial charge on any atom is -0.313 e. The van der Waals surface area contributed by atoms with Gasteiger partial charge in [-0.15, -0.1) is 0 Å². The maximum atomic E-state index is 13.7. The van der Waals surface area contributed by atoms with Gasteiger partial charge in [0.15, 0.2) is 5.78 Å². The van der Waals surface area contributed by atoms with E-state index in [1.54, 1.807) is 0 Å². The van der Waals surface area contributed by atoms with Crippen molar-refractivity contribution in [3.63, 3.8) is 0 Å². The molecular weight excluding hydrogens is 308 g/mol. The van der Waals surface area contributed by atoms with Crippen LogP contribution in [0.4, 0.5) is 8.78 Å². The molecule has 0 radical (unpaired) electrons. The van der Waals surface area contributed by atoms with Crippen LogP contribution in [-0.4, -0.2) is 18.9 Å². The molecule has 1 heterocycles. The van der Waals surface area contributed by atoms with Crippen molar-refractivity contribution in [3.8, 4) is 0 Å². The summed E-state index contributed by atoms with van der Waals surface area (Å²) in [5, 5.41) is 3.33. The number of carbonyl (C=O) groups is 1. The molecule has 2 nitrogen and oxygen atoms in total. The fourth-order valence-electron chi connectivity index (χ4n) is 3.06. The predicted molar refractivity (Wildman–Crippen MR) is 90.9 cm³/mol. The molecule has 0 aliphatic carbocycles. The van der Waals surface area contributed by atoms with E-state index >= 15 is 0 Å². The smallest absolute Gasteiger partial charge is 0.173 e. The largest absolute Gasteiger partial charge is 0.313 e. The Morgan fingerprint density at radius 2 is 1.75 bits per heavy atom. The van der Waals surface area contributed by atoms with Gasteiger partial charge in [0.1, 0.15) is 11.6 Å². The fraction of sp³-hybridized carbons (Fsp3) is 0.250. The lowest BCUT2D eigenvalue weighted by Crippen LogP contribution is -2.23. The molecule has 3 rings (SSSR count). The highest BCUT2D eigenvalue weighted by molar-refractivity contribution is 5.98. The third-order valence-corrected chi connectivity index (χ3v) is 4.37. The molecule has 4 heteroatoms. The van der Waals surface area contributed by atoms with Gasteiger partial charge in [-0.25, -0.2) is 8.78 Å². The average molecular weight is 327 g/mol. The summed E-state index contributed by atoms with van der Waals surface area (Å²) in [5.41, 5.74) is 4.07. The highest BCUT2D eigenvalue weighted by Gasteiger charge is 2.17. The molecule has 2 aromatic carbocycles. The summed E-state index contributed by atoms with van der Waals surface area (Å²) in [6.07, 6.45) is 0.961. The van der Waals surface area contributed by atoms with Gasteiger partial charge in [-0.3, -0.25) is 4.79 Å². The number of ketones is 1. The first-order valence-corrected chi connectivity index (χ1v) is 8.02. The Morgan fingerprint density at radius 3 is 2.38 bits per heavy atom. The molecule has 24 heavy (non-hydrogen) atoms. The molecule has 2 aromatic rings. The Bertz CT molecular complexity index is 774. The molecule has 1 aliphatic heterocycles. The Morgan fingerprint density at radius 1 is 1.08 bits per heavy atom. The van der Waals surface area contributed by atoms with Crippen molar-refractivity contribution in [3.05, 3.63) is 76.4 Å². The average Bonchev–Trinajstić information content (AvgIpc) is 2.56. The van der Waals surface area contributed by atoms with Gasteiger partial charge < -0.3 is 5.32 Å². The van der Waals surface area contributed by atoms with E-state index in [2.05, 4.69) is 12.2 Å². The first-order chi connectivity index (χ1) is 11.6. The number of halogens is 2. The first kappa shape index (κ1) is 16.5. The second kappa shape index (κ2) is 7.05. The quantitative estimate of drug-likeness (QED) is 0.855. The molecular formula is C20H19F2NO. The lowest BCUT2D eigenvalue weighted by molar-refractivity contribution is 0.0985. The highest BCUT2D eigenvalue weighted by Crippen LogP contribution is 2.25. The van der Waals surface area contributed by atoms with Crippen molar-refractivity contribution >= 4 is 11.4 Å². The van der Waals surface area contributed by atoms with Crippen molar-refractivity contribution in [2.45, 2.75) is 19.8 Å². The molecule has 1 N–H and O–H groups in total. The topological polar surface area (TPSA) is 29.1 Å². The number of hydrogen-bond donors (Lipinski definition) is 1. The standard InChI is InChI=1S/C20H19F2NO/c1-13-12-23-10-9-16(13)15-7-5-14(6-8-15)11-19(24)20-17(21)3-2-4-18(20)22/h2-8,23H,9-12H2,1H3. The summed E-state index contributed by atoms with van der Waals surface area (Å²) < 4.78 is 27.4. The lowest BCUT2D eigenvalue weighted by atomic mass is 9.93. The maximum absolute atomic E-state index is 13.7. The zero-order valence-corrected chi connectivity index (χ0v) is 13.5. The van der Waals surface area contributed by atoms with E-state index in [9.17, 15) is 13.6 Å². The van der Waals surface area contributed by atoms with Crippen LogP contribution in [0.1, 0.15) is 34.8 Å². The summed E-state index contributed by atoms with van der Waals surface area (Å²) in [4.78, 5) is 12.2. The molecule has 0 spiro atoms. The Kier molecular flexibility index (Phi) is 4.86. The third kappa shape index (κ3) is 3.44. The van der Waals surface area contributed by atoms with Gasteiger partial charge in [0.2, 0.25) is 0 Å². The highest BCUT2D eigenvalue weighted by atomic mass is 19.1. The van der Waals surface area contributed by atoms with Gasteiger partial charge in [0, 0.05) is 13.0 Å². The molecule has 1 aliphatic rings. The van der Waals surface area contributed by atoms with Crippen LogP contribution in [0, 0.1) is 11.6 Å². The Balaban J connectivity index is 1.78. The Labute approximate surface area is 140 Å². The minimum atomic E-state index is -0.813. The molecule has 0 saturated heterocycles. The van der Waals surface area contributed by atoms with Crippen molar-refractivity contribution in [1.82, 2.24) is 5.32 Å². The number of hydrogen-bond acceptors (Lipinski definition) is 2. The zero-order chi connectivity index (χ0) is 17.1. The zero-order valence-electron chi connectivity index (χ0n) is 13.5. The van der Waals surface area contributed by atoms with Crippen molar-refractivity contribution in [1.29, 1.82) is 0 Å². The van der Waals surface area contributed by atoms with Crippen LogP contribution < -0.4 is 5.32 Å². The van der Waals surface area contributed by atoms with Gasteiger partial charge in [0.25, 0.3) is 0 Å². The minimum absolute atomic E-state index is 0.0162. The van der Waals surface area contributed by atoms with Gasteiger partial charge in [-0.1, -0.05) is 35.9 Å². The second-order valence-corrected chi connectivity index (χ2v) is 6.08. The van der Waals surface area contributed by atoms with Crippen LogP contribution in [0.25, 0.3) is 5.57 Å².